The highest BCUT2D eigenvalue weighted by Crippen LogP contribution is 2.22. The molecule has 1 heterocycles. The van der Waals surface area contributed by atoms with Gasteiger partial charge in [0.1, 0.15) is 0 Å². The smallest absolute Gasteiger partial charge is 0.257 e. The number of fused-ring (bicyclic) bond motifs is 1. The summed E-state index contributed by atoms with van der Waals surface area (Å²) in [5, 5.41) is 10.7. The van der Waals surface area contributed by atoms with Crippen molar-refractivity contribution in [1.29, 1.82) is 0 Å². The van der Waals surface area contributed by atoms with Crippen LogP contribution in [0.4, 0.5) is 5.69 Å². The summed E-state index contributed by atoms with van der Waals surface area (Å²) in [4.78, 5) is 12.4. The van der Waals surface area contributed by atoms with Gasteiger partial charge in [-0.25, -0.2) is 0 Å². The molecule has 0 aliphatic carbocycles. The fourth-order valence-electron chi connectivity index (χ4n) is 2.12. The minimum Gasteiger partial charge on any atom is -0.322 e. The Labute approximate surface area is 124 Å². The third kappa shape index (κ3) is 2.32. The number of carbonyl (C=O) groups excluding carboxylic acids is 1. The Morgan fingerprint density at radius 2 is 2.15 bits per heavy atom. The largest absolute Gasteiger partial charge is 0.322 e. The molecular weight excluding hydrogens is 318 g/mol. The molecule has 5 heteroatoms. The number of nitrogens with one attached hydrogen (secondary N) is 2. The maximum absolute atomic E-state index is 12.4. The second kappa shape index (κ2) is 5.09. The molecule has 0 spiro atoms. The van der Waals surface area contributed by atoms with Crippen molar-refractivity contribution in [2.45, 2.75) is 6.92 Å². The van der Waals surface area contributed by atoms with Crippen molar-refractivity contribution in [3.8, 4) is 0 Å². The number of benzene rings is 2. The van der Waals surface area contributed by atoms with Gasteiger partial charge in [-0.15, -0.1) is 0 Å². The standard InChI is InChI=1S/C15H12BrN3O/c1-9-7-11(16)5-6-13(9)18-15(20)12-4-2-3-10-8-17-19-14(10)12/h2-8H,1H3,(H,17,19)(H,18,20). The van der Waals surface area contributed by atoms with Gasteiger partial charge >= 0.3 is 0 Å². The van der Waals surface area contributed by atoms with Gasteiger partial charge in [-0.1, -0.05) is 28.1 Å². The number of hydrogen-bond donors (Lipinski definition) is 2. The second-order valence-corrected chi connectivity index (χ2v) is 5.47. The highest BCUT2D eigenvalue weighted by molar-refractivity contribution is 9.10. The first kappa shape index (κ1) is 12.9. The van der Waals surface area contributed by atoms with Crippen LogP contribution in [0.15, 0.2) is 47.1 Å². The van der Waals surface area contributed by atoms with E-state index in [0.717, 1.165) is 26.6 Å². The quantitative estimate of drug-likeness (QED) is 0.749. The van der Waals surface area contributed by atoms with Crippen molar-refractivity contribution in [3.05, 3.63) is 58.2 Å². The monoisotopic (exact) mass is 329 g/mol. The molecule has 20 heavy (non-hydrogen) atoms. The number of para-hydroxylation sites is 1. The van der Waals surface area contributed by atoms with Gasteiger partial charge in [-0.05, 0) is 36.8 Å². The number of nitrogens with zero attached hydrogens (tertiary/aromatic N) is 1. The average molecular weight is 330 g/mol. The van der Waals surface area contributed by atoms with Gasteiger partial charge in [0, 0.05) is 15.5 Å². The van der Waals surface area contributed by atoms with Gasteiger partial charge < -0.3 is 5.32 Å². The van der Waals surface area contributed by atoms with Crippen molar-refractivity contribution in [2.75, 3.05) is 5.32 Å². The molecule has 0 saturated carbocycles. The highest BCUT2D eigenvalue weighted by Gasteiger charge is 2.12. The van der Waals surface area contributed by atoms with Crippen molar-refractivity contribution in [3.63, 3.8) is 0 Å². The normalized spacial score (nSPS) is 10.7. The molecule has 0 saturated heterocycles. The van der Waals surface area contributed by atoms with Crippen LogP contribution in [-0.4, -0.2) is 16.1 Å². The van der Waals surface area contributed by atoms with Crippen molar-refractivity contribution in [1.82, 2.24) is 10.2 Å². The lowest BCUT2D eigenvalue weighted by molar-refractivity contribution is 0.102. The van der Waals surface area contributed by atoms with E-state index in [1.54, 1.807) is 12.3 Å². The average Bonchev–Trinajstić information content (AvgIpc) is 2.90. The topological polar surface area (TPSA) is 57.8 Å². The third-order valence-electron chi connectivity index (χ3n) is 3.16. The van der Waals surface area contributed by atoms with E-state index >= 15 is 0 Å². The molecule has 0 radical (unpaired) electrons. The summed E-state index contributed by atoms with van der Waals surface area (Å²) >= 11 is 3.41. The van der Waals surface area contributed by atoms with Crippen LogP contribution in [-0.2, 0) is 0 Å². The summed E-state index contributed by atoms with van der Waals surface area (Å²) in [5.41, 5.74) is 3.14. The van der Waals surface area contributed by atoms with Crippen LogP contribution < -0.4 is 5.32 Å². The molecule has 1 aromatic heterocycles. The maximum Gasteiger partial charge on any atom is 0.257 e. The summed E-state index contributed by atoms with van der Waals surface area (Å²) in [5.74, 6) is -0.148. The summed E-state index contributed by atoms with van der Waals surface area (Å²) in [6.07, 6.45) is 1.71. The van der Waals surface area contributed by atoms with E-state index in [4.69, 9.17) is 0 Å². The number of hydrogen-bond acceptors (Lipinski definition) is 2. The molecule has 3 rings (SSSR count). The lowest BCUT2D eigenvalue weighted by atomic mass is 10.1. The molecule has 2 N–H and O–H groups in total. The highest BCUT2D eigenvalue weighted by atomic mass is 79.9. The van der Waals surface area contributed by atoms with E-state index in [0.29, 0.717) is 5.56 Å². The van der Waals surface area contributed by atoms with Gasteiger partial charge in [0.15, 0.2) is 0 Å². The molecule has 3 aromatic rings. The van der Waals surface area contributed by atoms with Crippen molar-refractivity contribution < 1.29 is 4.79 Å². The van der Waals surface area contributed by atoms with Crippen LogP contribution in [0.1, 0.15) is 15.9 Å². The van der Waals surface area contributed by atoms with Gasteiger partial charge in [0.05, 0.1) is 17.3 Å². The maximum atomic E-state index is 12.4. The van der Waals surface area contributed by atoms with Gasteiger partial charge in [0.25, 0.3) is 5.91 Å². The number of carbonyl (C=O) groups is 1. The van der Waals surface area contributed by atoms with Crippen LogP contribution in [0.3, 0.4) is 0 Å². The lowest BCUT2D eigenvalue weighted by Gasteiger charge is -2.09. The van der Waals surface area contributed by atoms with Crippen molar-refractivity contribution >= 4 is 38.4 Å². The van der Waals surface area contributed by atoms with E-state index in [9.17, 15) is 4.79 Å². The fraction of sp³-hybridized carbons (Fsp3) is 0.0667. The fourth-order valence-corrected chi connectivity index (χ4v) is 2.59. The zero-order chi connectivity index (χ0) is 14.1. The number of halogens is 1. The Balaban J connectivity index is 1.95. The zero-order valence-corrected chi connectivity index (χ0v) is 12.4. The Hall–Kier alpha value is -2.14. The zero-order valence-electron chi connectivity index (χ0n) is 10.8. The first-order valence-corrected chi connectivity index (χ1v) is 6.94. The number of anilines is 1. The third-order valence-corrected chi connectivity index (χ3v) is 3.65. The molecule has 4 nitrogen and oxygen atoms in total. The predicted molar refractivity (Wildman–Crippen MR) is 82.9 cm³/mol. The van der Waals surface area contributed by atoms with Crippen LogP contribution in [0, 0.1) is 6.92 Å². The van der Waals surface area contributed by atoms with Crippen LogP contribution in [0.5, 0.6) is 0 Å². The molecule has 100 valence electrons. The van der Waals surface area contributed by atoms with Crippen LogP contribution in [0.2, 0.25) is 0 Å². The Morgan fingerprint density at radius 1 is 1.30 bits per heavy atom. The number of amides is 1. The molecule has 1 amide bonds. The Morgan fingerprint density at radius 3 is 2.95 bits per heavy atom. The first-order chi connectivity index (χ1) is 9.65. The number of aryl methyl sites for hydroxylation is 1. The van der Waals surface area contributed by atoms with Crippen LogP contribution >= 0.6 is 15.9 Å². The Bertz CT molecular complexity index is 795. The number of rotatable bonds is 2. The van der Waals surface area contributed by atoms with Crippen molar-refractivity contribution in [2.24, 2.45) is 0 Å². The molecule has 0 aliphatic heterocycles. The lowest BCUT2D eigenvalue weighted by Crippen LogP contribution is -2.13. The Kier molecular flexibility index (Phi) is 3.28. The first-order valence-electron chi connectivity index (χ1n) is 6.15. The van der Waals surface area contributed by atoms with E-state index < -0.39 is 0 Å². The summed E-state index contributed by atoms with van der Waals surface area (Å²) < 4.78 is 0.990. The van der Waals surface area contributed by atoms with E-state index in [2.05, 4.69) is 31.4 Å². The predicted octanol–water partition coefficient (Wildman–Crippen LogP) is 3.89. The molecule has 0 atom stereocenters. The minimum absolute atomic E-state index is 0.148. The van der Waals surface area contributed by atoms with Gasteiger partial charge in [-0.3, -0.25) is 9.89 Å². The van der Waals surface area contributed by atoms with Crippen LogP contribution in [0.25, 0.3) is 10.9 Å². The van der Waals surface area contributed by atoms with E-state index in [-0.39, 0.29) is 5.91 Å². The number of H-pyrrole nitrogens is 1. The van der Waals surface area contributed by atoms with Gasteiger partial charge in [-0.2, -0.15) is 5.10 Å². The summed E-state index contributed by atoms with van der Waals surface area (Å²) in [6.45, 7) is 1.96. The number of aromatic nitrogens is 2. The SMILES string of the molecule is Cc1cc(Br)ccc1NC(=O)c1cccc2cn[nH]c12. The summed E-state index contributed by atoms with van der Waals surface area (Å²) in [7, 11) is 0. The van der Waals surface area contributed by atoms with Gasteiger partial charge in [0.2, 0.25) is 0 Å². The molecular formula is C15H12BrN3O. The summed E-state index contributed by atoms with van der Waals surface area (Å²) in [6, 6.07) is 11.3. The molecule has 0 fully saturated rings. The molecule has 0 aliphatic rings. The number of aromatic amines is 1. The molecule has 0 unspecified atom stereocenters. The second-order valence-electron chi connectivity index (χ2n) is 4.55. The molecule has 0 bridgehead atoms. The van der Waals surface area contributed by atoms with E-state index in [1.807, 2.05) is 37.3 Å². The molecule has 2 aromatic carbocycles. The minimum atomic E-state index is -0.148. The van der Waals surface area contributed by atoms with E-state index in [1.165, 1.54) is 0 Å².